The third-order valence-electron chi connectivity index (χ3n) is 3.29. The van der Waals surface area contributed by atoms with Crippen LogP contribution in [0.4, 0.5) is 0 Å². The Balaban J connectivity index is 2.04. The Bertz CT molecular complexity index is 957. The van der Waals surface area contributed by atoms with Crippen LogP contribution < -0.4 is 13.6 Å². The van der Waals surface area contributed by atoms with E-state index in [-0.39, 0.29) is 5.75 Å². The first-order valence-electron chi connectivity index (χ1n) is 7.61. The molecule has 0 saturated carbocycles. The zero-order valence-electron chi connectivity index (χ0n) is 13.7. The van der Waals surface area contributed by atoms with Crippen LogP contribution in [0.25, 0.3) is 0 Å². The Morgan fingerprint density at radius 2 is 0.893 bits per heavy atom. The van der Waals surface area contributed by atoms with E-state index < -0.39 is 7.82 Å². The maximum Gasteiger partial charge on any atom is 0.647 e. The molecular formula is C18H10Br5O4P. The van der Waals surface area contributed by atoms with Crippen molar-refractivity contribution in [1.29, 1.82) is 0 Å². The van der Waals surface area contributed by atoms with Crippen molar-refractivity contribution in [3.8, 4) is 17.2 Å². The lowest BCUT2D eigenvalue weighted by Gasteiger charge is -2.21. The normalized spacial score (nSPS) is 11.2. The van der Waals surface area contributed by atoms with Crippen LogP contribution in [0.1, 0.15) is 0 Å². The average molecular weight is 721 g/mol. The molecule has 4 nitrogen and oxygen atoms in total. The zero-order chi connectivity index (χ0) is 20.3. The van der Waals surface area contributed by atoms with Crippen molar-refractivity contribution in [3.63, 3.8) is 0 Å². The Hall–Kier alpha value is -0.310. The fraction of sp³-hybridized carbons (Fsp3) is 0. The van der Waals surface area contributed by atoms with Crippen LogP contribution in [0.15, 0.2) is 83.0 Å². The third kappa shape index (κ3) is 5.24. The highest BCUT2D eigenvalue weighted by Crippen LogP contribution is 2.56. The van der Waals surface area contributed by atoms with Crippen LogP contribution in [0.2, 0.25) is 0 Å². The summed E-state index contributed by atoms with van der Waals surface area (Å²) in [6, 6.07) is 17.4. The topological polar surface area (TPSA) is 44.8 Å². The Labute approximate surface area is 204 Å². The molecule has 0 N–H and O–H groups in total. The van der Waals surface area contributed by atoms with Gasteiger partial charge in [-0.3, -0.25) is 0 Å². The summed E-state index contributed by atoms with van der Waals surface area (Å²) in [4.78, 5) is 0. The summed E-state index contributed by atoms with van der Waals surface area (Å²) in [5, 5.41) is 0. The minimum absolute atomic E-state index is 0.247. The molecule has 0 spiro atoms. The predicted octanol–water partition coefficient (Wildman–Crippen LogP) is 9.14. The van der Waals surface area contributed by atoms with Crippen molar-refractivity contribution in [2.24, 2.45) is 0 Å². The molecule has 0 amide bonds. The molecule has 0 bridgehead atoms. The highest BCUT2D eigenvalue weighted by molar-refractivity contribution is 9.15. The molecule has 3 rings (SSSR count). The van der Waals surface area contributed by atoms with E-state index >= 15 is 0 Å². The number of phosphoric ester groups is 1. The lowest BCUT2D eigenvalue weighted by Crippen LogP contribution is -2.08. The monoisotopic (exact) mass is 716 g/mol. The number of halogens is 5. The summed E-state index contributed by atoms with van der Waals surface area (Å²) < 4.78 is 33.9. The van der Waals surface area contributed by atoms with Crippen LogP contribution in [0, 0.1) is 0 Å². The van der Waals surface area contributed by atoms with E-state index in [0.717, 1.165) is 4.47 Å². The van der Waals surface area contributed by atoms with Gasteiger partial charge in [-0.05, 0) is 104 Å². The summed E-state index contributed by atoms with van der Waals surface area (Å²) in [6.45, 7) is 0. The highest BCUT2D eigenvalue weighted by Gasteiger charge is 2.36. The van der Waals surface area contributed by atoms with Crippen molar-refractivity contribution in [2.75, 3.05) is 0 Å². The second-order valence-corrected chi connectivity index (χ2v) is 10.7. The maximum atomic E-state index is 13.6. The number of para-hydroxylation sites is 2. The van der Waals surface area contributed by atoms with Gasteiger partial charge in [-0.25, -0.2) is 0 Å². The van der Waals surface area contributed by atoms with Gasteiger partial charge >= 0.3 is 7.82 Å². The minimum Gasteiger partial charge on any atom is -0.386 e. The quantitative estimate of drug-likeness (QED) is 0.145. The summed E-state index contributed by atoms with van der Waals surface area (Å²) in [5.74, 6) is 0.950. The Morgan fingerprint density at radius 1 is 0.536 bits per heavy atom. The summed E-state index contributed by atoms with van der Waals surface area (Å²) in [6.07, 6.45) is 0. The van der Waals surface area contributed by atoms with Gasteiger partial charge in [0.05, 0.1) is 17.9 Å². The molecule has 10 heteroatoms. The van der Waals surface area contributed by atoms with Crippen LogP contribution in [0.5, 0.6) is 17.2 Å². The van der Waals surface area contributed by atoms with Crippen molar-refractivity contribution >= 4 is 87.5 Å². The summed E-state index contributed by atoms with van der Waals surface area (Å²) in [5.41, 5.74) is 0. The predicted molar refractivity (Wildman–Crippen MR) is 127 cm³/mol. The SMILES string of the molecule is O=P(Oc1ccccc1)(Oc1ccccc1)Oc1c(Br)c(Br)c(Br)c(Br)c1Br. The molecule has 0 heterocycles. The highest BCUT2D eigenvalue weighted by atomic mass is 79.9. The first kappa shape index (κ1) is 22.4. The molecule has 28 heavy (non-hydrogen) atoms. The molecule has 0 aromatic heterocycles. The number of phosphoric acid groups is 1. The minimum atomic E-state index is -4.11. The zero-order valence-corrected chi connectivity index (χ0v) is 22.6. The van der Waals surface area contributed by atoms with Crippen molar-refractivity contribution in [3.05, 3.63) is 83.0 Å². The standard InChI is InChI=1S/C18H10Br5O4P/c19-13-14(20)16(22)18(17(23)15(13)21)27-28(24,25-11-7-3-1-4-8-11)26-12-9-5-2-6-10-12/h1-10H. The fourth-order valence-electron chi connectivity index (χ4n) is 2.05. The smallest absolute Gasteiger partial charge is 0.386 e. The number of hydrogen-bond acceptors (Lipinski definition) is 4. The molecule has 3 aromatic rings. The van der Waals surface area contributed by atoms with Crippen molar-refractivity contribution in [1.82, 2.24) is 0 Å². The van der Waals surface area contributed by atoms with E-state index in [0.29, 0.717) is 29.4 Å². The van der Waals surface area contributed by atoms with Gasteiger partial charge in [-0.2, -0.15) is 4.57 Å². The van der Waals surface area contributed by atoms with Gasteiger partial charge in [0.2, 0.25) is 0 Å². The number of hydrogen-bond donors (Lipinski definition) is 0. The van der Waals surface area contributed by atoms with Gasteiger partial charge in [-0.15, -0.1) is 0 Å². The molecule has 0 atom stereocenters. The first-order valence-corrected chi connectivity index (χ1v) is 13.0. The van der Waals surface area contributed by atoms with Gasteiger partial charge in [0, 0.05) is 4.47 Å². The van der Waals surface area contributed by atoms with Gasteiger partial charge < -0.3 is 13.6 Å². The van der Waals surface area contributed by atoms with E-state index in [2.05, 4.69) is 79.6 Å². The molecule has 146 valence electrons. The molecule has 0 aliphatic rings. The van der Waals surface area contributed by atoms with Gasteiger partial charge in [0.25, 0.3) is 0 Å². The maximum absolute atomic E-state index is 13.6. The summed E-state index contributed by atoms with van der Waals surface area (Å²) in [7, 11) is -4.11. The second kappa shape index (κ2) is 9.67. The molecule has 0 radical (unpaired) electrons. The van der Waals surface area contributed by atoms with E-state index in [1.807, 2.05) is 12.1 Å². The van der Waals surface area contributed by atoms with Crippen molar-refractivity contribution < 1.29 is 18.1 Å². The molecule has 0 unspecified atom stereocenters. The van der Waals surface area contributed by atoms with E-state index in [1.54, 1.807) is 48.5 Å². The molecule has 3 aromatic carbocycles. The van der Waals surface area contributed by atoms with Gasteiger partial charge in [-0.1, -0.05) is 36.4 Å². The van der Waals surface area contributed by atoms with E-state index in [1.165, 1.54) is 0 Å². The molecule has 0 saturated heterocycles. The lowest BCUT2D eigenvalue weighted by molar-refractivity contribution is 0.297. The number of benzene rings is 3. The molecule has 0 aliphatic carbocycles. The average Bonchev–Trinajstić information content (AvgIpc) is 2.70. The van der Waals surface area contributed by atoms with Crippen LogP contribution in [0.3, 0.4) is 0 Å². The lowest BCUT2D eigenvalue weighted by atomic mass is 10.3. The van der Waals surface area contributed by atoms with Crippen LogP contribution in [-0.4, -0.2) is 0 Å². The largest absolute Gasteiger partial charge is 0.647 e. The summed E-state index contributed by atoms with van der Waals surface area (Å²) >= 11 is 17.3. The van der Waals surface area contributed by atoms with Crippen molar-refractivity contribution in [2.45, 2.75) is 0 Å². The van der Waals surface area contributed by atoms with Gasteiger partial charge in [0.15, 0.2) is 5.75 Å². The Morgan fingerprint density at radius 3 is 1.29 bits per heavy atom. The van der Waals surface area contributed by atoms with Crippen LogP contribution >= 0.6 is 87.5 Å². The van der Waals surface area contributed by atoms with E-state index in [4.69, 9.17) is 13.6 Å². The fourth-order valence-corrected chi connectivity index (χ4v) is 6.75. The first-order chi connectivity index (χ1) is 13.3. The molecular weight excluding hydrogens is 711 g/mol. The van der Waals surface area contributed by atoms with Gasteiger partial charge in [0.1, 0.15) is 11.5 Å². The number of rotatable bonds is 6. The third-order valence-corrected chi connectivity index (χ3v) is 10.6. The van der Waals surface area contributed by atoms with E-state index in [9.17, 15) is 4.57 Å². The molecule has 0 aliphatic heterocycles. The van der Waals surface area contributed by atoms with Crippen LogP contribution in [-0.2, 0) is 4.57 Å². The Kier molecular flexibility index (Phi) is 7.72. The second-order valence-electron chi connectivity index (χ2n) is 5.25. The molecule has 0 fully saturated rings.